The largest absolute Gasteiger partial charge is 0.569 e. The van der Waals surface area contributed by atoms with Crippen LogP contribution in [0.3, 0.4) is 0 Å². The summed E-state index contributed by atoms with van der Waals surface area (Å²) in [6.07, 6.45) is -0.225. The van der Waals surface area contributed by atoms with Crippen LogP contribution in [0.5, 0.6) is 5.75 Å². The average Bonchev–Trinajstić information content (AvgIpc) is 2.25. The first-order chi connectivity index (χ1) is 8.27. The van der Waals surface area contributed by atoms with E-state index in [9.17, 15) is 9.18 Å². The Morgan fingerprint density at radius 1 is 1.67 bits per heavy atom. The van der Waals surface area contributed by atoms with E-state index >= 15 is 0 Å². The molecule has 0 fully saturated rings. The predicted molar refractivity (Wildman–Crippen MR) is 63.9 cm³/mol. The monoisotopic (exact) mass is 274 g/mol. The van der Waals surface area contributed by atoms with Crippen molar-refractivity contribution in [1.29, 1.82) is 0 Å². The van der Waals surface area contributed by atoms with Gasteiger partial charge in [-0.05, 0) is 18.6 Å². The molecule has 1 rings (SSSR count). The average molecular weight is 274 g/mol. The SMILES string of the molecule is C[C@](N)(Cc1cc(Cl)c(O[B]O)cc1F)C(=O)O. The number of halogens is 2. The van der Waals surface area contributed by atoms with Crippen molar-refractivity contribution < 1.29 is 24.0 Å². The number of carboxylic acid groups (broad SMARTS) is 1. The van der Waals surface area contributed by atoms with E-state index in [1.165, 1.54) is 13.0 Å². The number of carbonyl (C=O) groups is 1. The van der Waals surface area contributed by atoms with E-state index in [0.29, 0.717) is 7.69 Å². The Balaban J connectivity index is 3.05. The van der Waals surface area contributed by atoms with E-state index in [4.69, 9.17) is 27.5 Å². The second-order valence-corrected chi connectivity index (χ2v) is 4.40. The number of hydrogen-bond acceptors (Lipinski definition) is 4. The Labute approximate surface area is 109 Å². The molecule has 1 radical (unpaired) electrons. The first-order valence-corrected chi connectivity index (χ1v) is 5.28. The quantitative estimate of drug-likeness (QED) is 0.688. The highest BCUT2D eigenvalue weighted by Gasteiger charge is 2.29. The molecule has 0 amide bonds. The maximum absolute atomic E-state index is 13.7. The van der Waals surface area contributed by atoms with Crippen LogP contribution in [-0.2, 0) is 11.2 Å². The molecule has 0 aliphatic carbocycles. The van der Waals surface area contributed by atoms with Gasteiger partial charge in [-0.2, -0.15) is 0 Å². The molecule has 0 aliphatic heterocycles. The highest BCUT2D eigenvalue weighted by atomic mass is 35.5. The molecule has 1 atom stereocenters. The first-order valence-electron chi connectivity index (χ1n) is 4.90. The van der Waals surface area contributed by atoms with Crippen LogP contribution in [0.4, 0.5) is 4.39 Å². The molecule has 1 aromatic carbocycles. The Kier molecular flexibility index (Phi) is 4.56. The number of benzene rings is 1. The zero-order chi connectivity index (χ0) is 13.9. The lowest BCUT2D eigenvalue weighted by Gasteiger charge is -2.20. The summed E-state index contributed by atoms with van der Waals surface area (Å²) in [5, 5.41) is 17.3. The zero-order valence-electron chi connectivity index (χ0n) is 9.48. The highest BCUT2D eigenvalue weighted by molar-refractivity contribution is 6.32. The van der Waals surface area contributed by atoms with Crippen molar-refractivity contribution in [3.8, 4) is 5.75 Å². The van der Waals surface area contributed by atoms with Crippen LogP contribution in [0.1, 0.15) is 12.5 Å². The molecular formula is C10H11BClFNO4. The van der Waals surface area contributed by atoms with E-state index in [2.05, 4.69) is 4.65 Å². The number of carboxylic acids is 1. The van der Waals surface area contributed by atoms with Gasteiger partial charge in [-0.15, -0.1) is 0 Å². The van der Waals surface area contributed by atoms with Gasteiger partial charge in [0.2, 0.25) is 0 Å². The summed E-state index contributed by atoms with van der Waals surface area (Å²) in [4.78, 5) is 10.8. The molecule has 0 spiro atoms. The fourth-order valence-electron chi connectivity index (χ4n) is 1.32. The molecule has 0 unspecified atom stereocenters. The van der Waals surface area contributed by atoms with Gasteiger partial charge in [-0.1, -0.05) is 11.6 Å². The van der Waals surface area contributed by atoms with Crippen molar-refractivity contribution in [3.05, 3.63) is 28.5 Å². The highest BCUT2D eigenvalue weighted by Crippen LogP contribution is 2.29. The molecule has 0 saturated heterocycles. The molecule has 0 saturated carbocycles. The Morgan fingerprint density at radius 3 is 2.78 bits per heavy atom. The van der Waals surface area contributed by atoms with E-state index in [-0.39, 0.29) is 22.8 Å². The molecule has 4 N–H and O–H groups in total. The lowest BCUT2D eigenvalue weighted by Crippen LogP contribution is -2.47. The fourth-order valence-corrected chi connectivity index (χ4v) is 1.55. The topological polar surface area (TPSA) is 92.8 Å². The molecule has 8 heteroatoms. The minimum atomic E-state index is -1.60. The molecule has 18 heavy (non-hydrogen) atoms. The number of hydrogen-bond donors (Lipinski definition) is 3. The summed E-state index contributed by atoms with van der Waals surface area (Å²) in [6, 6.07) is 2.16. The summed E-state index contributed by atoms with van der Waals surface area (Å²) in [7, 11) is 0.366. The van der Waals surface area contributed by atoms with E-state index in [1.807, 2.05) is 0 Å². The van der Waals surface area contributed by atoms with Gasteiger partial charge in [-0.25, -0.2) is 4.39 Å². The minimum absolute atomic E-state index is 0.0397. The van der Waals surface area contributed by atoms with Crippen LogP contribution < -0.4 is 10.4 Å². The van der Waals surface area contributed by atoms with Crippen LogP contribution in [0, 0.1) is 5.82 Å². The van der Waals surface area contributed by atoms with Crippen molar-refractivity contribution in [2.75, 3.05) is 0 Å². The van der Waals surface area contributed by atoms with Gasteiger partial charge in [0.25, 0.3) is 0 Å². The van der Waals surface area contributed by atoms with Gasteiger partial charge < -0.3 is 20.5 Å². The van der Waals surface area contributed by atoms with Crippen molar-refractivity contribution in [2.24, 2.45) is 5.73 Å². The number of aliphatic carboxylic acids is 1. The summed E-state index contributed by atoms with van der Waals surface area (Å²) < 4.78 is 18.2. The second-order valence-electron chi connectivity index (χ2n) is 4.00. The van der Waals surface area contributed by atoms with Crippen molar-refractivity contribution in [1.82, 2.24) is 0 Å². The van der Waals surface area contributed by atoms with Gasteiger partial charge >= 0.3 is 13.7 Å². The van der Waals surface area contributed by atoms with Crippen molar-refractivity contribution in [3.63, 3.8) is 0 Å². The molecule has 5 nitrogen and oxygen atoms in total. The van der Waals surface area contributed by atoms with Crippen LogP contribution in [0.15, 0.2) is 12.1 Å². The van der Waals surface area contributed by atoms with E-state index < -0.39 is 17.3 Å². The van der Waals surface area contributed by atoms with Crippen LogP contribution in [-0.4, -0.2) is 29.3 Å². The van der Waals surface area contributed by atoms with Gasteiger partial charge in [-0.3, -0.25) is 4.79 Å². The maximum Gasteiger partial charge on any atom is 0.569 e. The fraction of sp³-hybridized carbons (Fsp3) is 0.300. The third kappa shape index (κ3) is 3.35. The third-order valence-electron chi connectivity index (χ3n) is 2.33. The minimum Gasteiger partial charge on any atom is -0.536 e. The zero-order valence-corrected chi connectivity index (χ0v) is 10.2. The number of nitrogens with two attached hydrogens (primary N) is 1. The summed E-state index contributed by atoms with van der Waals surface area (Å²) in [6.45, 7) is 1.27. The van der Waals surface area contributed by atoms with Crippen molar-refractivity contribution in [2.45, 2.75) is 18.9 Å². The standard InChI is InChI=1S/C10H11BClFNO4/c1-10(14,9(15)16)4-5-2-6(12)8(18-11-17)3-7(5)13/h2-3,17H,4,14H2,1H3,(H,15,16)/t10-/m0/s1. The second kappa shape index (κ2) is 5.56. The lowest BCUT2D eigenvalue weighted by molar-refractivity contribution is -0.142. The van der Waals surface area contributed by atoms with Gasteiger partial charge in [0.15, 0.2) is 0 Å². The van der Waals surface area contributed by atoms with Gasteiger partial charge in [0, 0.05) is 12.5 Å². The molecule has 1 aromatic rings. The van der Waals surface area contributed by atoms with Crippen molar-refractivity contribution >= 4 is 25.3 Å². The Bertz CT molecular complexity index is 469. The van der Waals surface area contributed by atoms with Crippen LogP contribution in [0.25, 0.3) is 0 Å². The maximum atomic E-state index is 13.7. The normalized spacial score (nSPS) is 13.8. The van der Waals surface area contributed by atoms with Gasteiger partial charge in [0.1, 0.15) is 17.1 Å². The Hall–Kier alpha value is -1.31. The number of rotatable bonds is 5. The smallest absolute Gasteiger partial charge is 0.536 e. The first kappa shape index (κ1) is 14.8. The molecule has 0 aliphatic rings. The molecular weight excluding hydrogens is 263 g/mol. The van der Waals surface area contributed by atoms with Crippen LogP contribution >= 0.6 is 11.6 Å². The summed E-state index contributed by atoms with van der Waals surface area (Å²) in [5.41, 5.74) is 3.97. The molecule has 0 aromatic heterocycles. The van der Waals surface area contributed by atoms with Gasteiger partial charge in [0.05, 0.1) is 5.02 Å². The molecule has 97 valence electrons. The Morgan fingerprint density at radius 2 is 2.28 bits per heavy atom. The summed E-state index contributed by atoms with van der Waals surface area (Å²) in [5.74, 6) is -2.04. The lowest BCUT2D eigenvalue weighted by atomic mass is 9.94. The van der Waals surface area contributed by atoms with Crippen LogP contribution in [0.2, 0.25) is 5.02 Å². The van der Waals surface area contributed by atoms with E-state index in [0.717, 1.165) is 6.07 Å². The molecule has 0 bridgehead atoms. The molecule has 0 heterocycles. The summed E-state index contributed by atoms with van der Waals surface area (Å²) >= 11 is 5.78. The third-order valence-corrected chi connectivity index (χ3v) is 2.62. The predicted octanol–water partition coefficient (Wildman–Crippen LogP) is 0.729. The van der Waals surface area contributed by atoms with E-state index in [1.54, 1.807) is 0 Å².